The number of carbonyl (C=O) groups excluding carboxylic acids is 2. The molecule has 1 aliphatic carbocycles. The van der Waals surface area contributed by atoms with E-state index in [9.17, 15) is 9.59 Å². The third-order valence-electron chi connectivity index (χ3n) is 4.54. The van der Waals surface area contributed by atoms with Crippen LogP contribution in [0.1, 0.15) is 41.4 Å². The lowest BCUT2D eigenvalue weighted by atomic mass is 10.2. The lowest BCUT2D eigenvalue weighted by Gasteiger charge is -2.21. The number of aromatic nitrogens is 2. The van der Waals surface area contributed by atoms with Crippen molar-refractivity contribution in [1.29, 1.82) is 0 Å². The summed E-state index contributed by atoms with van der Waals surface area (Å²) in [5.74, 6) is -0.226. The minimum atomic E-state index is -0.406. The lowest BCUT2D eigenvalue weighted by Crippen LogP contribution is -2.38. The normalized spacial score (nSPS) is 13.4. The first-order valence-corrected chi connectivity index (χ1v) is 9.59. The van der Waals surface area contributed by atoms with Gasteiger partial charge >= 0.3 is 5.97 Å². The molecule has 2 aromatic rings. The molecule has 3 rings (SSSR count). The first kappa shape index (κ1) is 19.4. The van der Waals surface area contributed by atoms with Crippen LogP contribution in [0.4, 0.5) is 0 Å². The molecule has 1 aromatic heterocycles. The zero-order valence-electron chi connectivity index (χ0n) is 15.7. The number of carbonyl (C=O) groups is 2. The maximum absolute atomic E-state index is 13.1. The van der Waals surface area contributed by atoms with Gasteiger partial charge in [0.15, 0.2) is 0 Å². The summed E-state index contributed by atoms with van der Waals surface area (Å²) >= 11 is 6.51. The number of esters is 1. The predicted molar refractivity (Wildman–Crippen MR) is 103 cm³/mol. The lowest BCUT2D eigenvalue weighted by molar-refractivity contribution is -0.143. The summed E-state index contributed by atoms with van der Waals surface area (Å²) in [4.78, 5) is 26.6. The summed E-state index contributed by atoms with van der Waals surface area (Å²) in [7, 11) is 0. The highest BCUT2D eigenvalue weighted by atomic mass is 35.5. The van der Waals surface area contributed by atoms with Gasteiger partial charge in [-0.15, -0.1) is 0 Å². The average molecular weight is 390 g/mol. The number of aryl methyl sites for hydroxylation is 1. The van der Waals surface area contributed by atoms with Gasteiger partial charge in [-0.05, 0) is 38.2 Å². The van der Waals surface area contributed by atoms with Crippen LogP contribution in [0.5, 0.6) is 0 Å². The number of amides is 1. The molecule has 144 valence electrons. The van der Waals surface area contributed by atoms with Gasteiger partial charge in [-0.2, -0.15) is 5.10 Å². The number of hydrogen-bond donors (Lipinski definition) is 0. The van der Waals surface area contributed by atoms with Crippen LogP contribution in [0.2, 0.25) is 5.15 Å². The van der Waals surface area contributed by atoms with Gasteiger partial charge in [0.2, 0.25) is 0 Å². The van der Waals surface area contributed by atoms with E-state index in [-0.39, 0.29) is 12.5 Å². The van der Waals surface area contributed by atoms with Crippen molar-refractivity contribution >= 4 is 23.5 Å². The molecule has 1 aliphatic rings. The SMILES string of the molecule is CCOC(=O)CN(CC1CC1)C(=O)c1c(C)nn(Cc2ccccc2)c1Cl. The van der Waals surface area contributed by atoms with Crippen LogP contribution in [0.15, 0.2) is 30.3 Å². The minimum absolute atomic E-state index is 0.0667. The molecule has 0 unspecified atom stereocenters. The number of benzene rings is 1. The van der Waals surface area contributed by atoms with Crippen molar-refractivity contribution in [2.75, 3.05) is 19.7 Å². The molecule has 0 radical (unpaired) electrons. The zero-order valence-corrected chi connectivity index (χ0v) is 16.4. The Hall–Kier alpha value is -2.34. The van der Waals surface area contributed by atoms with Crippen molar-refractivity contribution in [3.8, 4) is 0 Å². The van der Waals surface area contributed by atoms with Gasteiger partial charge < -0.3 is 9.64 Å². The number of hydrogen-bond acceptors (Lipinski definition) is 4. The fourth-order valence-electron chi connectivity index (χ4n) is 3.01. The monoisotopic (exact) mass is 389 g/mol. The quantitative estimate of drug-likeness (QED) is 0.650. The van der Waals surface area contributed by atoms with Gasteiger partial charge in [0.05, 0.1) is 24.4 Å². The summed E-state index contributed by atoms with van der Waals surface area (Å²) in [6, 6.07) is 9.80. The van der Waals surface area contributed by atoms with Crippen molar-refractivity contribution in [2.24, 2.45) is 5.92 Å². The van der Waals surface area contributed by atoms with Crippen LogP contribution in [0.25, 0.3) is 0 Å². The highest BCUT2D eigenvalue weighted by molar-refractivity contribution is 6.33. The number of ether oxygens (including phenoxy) is 1. The van der Waals surface area contributed by atoms with Crippen molar-refractivity contribution in [1.82, 2.24) is 14.7 Å². The molecule has 6 nitrogen and oxygen atoms in total. The fourth-order valence-corrected chi connectivity index (χ4v) is 3.32. The Bertz CT molecular complexity index is 815. The van der Waals surface area contributed by atoms with Crippen LogP contribution in [0, 0.1) is 12.8 Å². The topological polar surface area (TPSA) is 64.4 Å². The van der Waals surface area contributed by atoms with E-state index in [2.05, 4.69) is 5.10 Å². The number of halogens is 1. The smallest absolute Gasteiger partial charge is 0.325 e. The Morgan fingerprint density at radius 3 is 2.63 bits per heavy atom. The van der Waals surface area contributed by atoms with Crippen molar-refractivity contribution < 1.29 is 14.3 Å². The molecule has 0 bridgehead atoms. The van der Waals surface area contributed by atoms with E-state index in [0.29, 0.717) is 42.0 Å². The van der Waals surface area contributed by atoms with Crippen LogP contribution >= 0.6 is 11.6 Å². The summed E-state index contributed by atoms with van der Waals surface area (Å²) in [6.45, 7) is 4.76. The van der Waals surface area contributed by atoms with Crippen LogP contribution in [0.3, 0.4) is 0 Å². The third kappa shape index (κ3) is 4.89. The van der Waals surface area contributed by atoms with Crippen molar-refractivity contribution in [3.63, 3.8) is 0 Å². The molecule has 0 aliphatic heterocycles. The zero-order chi connectivity index (χ0) is 19.4. The minimum Gasteiger partial charge on any atom is -0.465 e. The maximum atomic E-state index is 13.1. The van der Waals surface area contributed by atoms with Gasteiger partial charge in [0.1, 0.15) is 11.7 Å². The van der Waals surface area contributed by atoms with Crippen LogP contribution < -0.4 is 0 Å². The van der Waals surface area contributed by atoms with Gasteiger partial charge in [0, 0.05) is 6.54 Å². The molecule has 0 atom stereocenters. The molecular formula is C20H24ClN3O3. The van der Waals surface area contributed by atoms with E-state index in [1.54, 1.807) is 23.4 Å². The molecule has 1 saturated carbocycles. The molecule has 1 aromatic carbocycles. The summed E-state index contributed by atoms with van der Waals surface area (Å²) in [5, 5.41) is 4.74. The molecule has 0 spiro atoms. The van der Waals surface area contributed by atoms with Crippen LogP contribution in [-0.4, -0.2) is 46.3 Å². The van der Waals surface area contributed by atoms with E-state index in [0.717, 1.165) is 18.4 Å². The average Bonchev–Trinajstić information content (AvgIpc) is 3.41. The predicted octanol–water partition coefficient (Wildman–Crippen LogP) is 3.31. The fraction of sp³-hybridized carbons (Fsp3) is 0.450. The van der Waals surface area contributed by atoms with Gasteiger partial charge in [-0.3, -0.25) is 9.59 Å². The summed E-state index contributed by atoms with van der Waals surface area (Å²) < 4.78 is 6.64. The first-order chi connectivity index (χ1) is 13.0. The second kappa shape index (κ2) is 8.57. The molecule has 1 heterocycles. The van der Waals surface area contributed by atoms with E-state index >= 15 is 0 Å². The molecule has 7 heteroatoms. The Morgan fingerprint density at radius 1 is 1.30 bits per heavy atom. The number of nitrogens with zero attached hydrogens (tertiary/aromatic N) is 3. The van der Waals surface area contributed by atoms with Gasteiger partial charge in [-0.25, -0.2) is 4.68 Å². The second-order valence-corrected chi connectivity index (χ2v) is 7.19. The van der Waals surface area contributed by atoms with E-state index in [1.165, 1.54) is 0 Å². The Labute approximate surface area is 164 Å². The van der Waals surface area contributed by atoms with Crippen LogP contribution in [-0.2, 0) is 16.1 Å². The Morgan fingerprint density at radius 2 is 2.00 bits per heavy atom. The largest absolute Gasteiger partial charge is 0.465 e. The molecule has 0 N–H and O–H groups in total. The summed E-state index contributed by atoms with van der Waals surface area (Å²) in [5.41, 5.74) is 1.96. The molecule has 27 heavy (non-hydrogen) atoms. The van der Waals surface area contributed by atoms with E-state index in [1.807, 2.05) is 30.3 Å². The van der Waals surface area contributed by atoms with Gasteiger partial charge in [0.25, 0.3) is 5.91 Å². The highest BCUT2D eigenvalue weighted by Crippen LogP contribution is 2.31. The van der Waals surface area contributed by atoms with E-state index < -0.39 is 5.97 Å². The van der Waals surface area contributed by atoms with Crippen molar-refractivity contribution in [3.05, 3.63) is 52.3 Å². The van der Waals surface area contributed by atoms with E-state index in [4.69, 9.17) is 16.3 Å². The second-order valence-electron chi connectivity index (χ2n) is 6.83. The molecule has 0 saturated heterocycles. The maximum Gasteiger partial charge on any atom is 0.325 e. The molecule has 1 fully saturated rings. The Kier molecular flexibility index (Phi) is 6.16. The van der Waals surface area contributed by atoms with Crippen molar-refractivity contribution in [2.45, 2.75) is 33.2 Å². The summed E-state index contributed by atoms with van der Waals surface area (Å²) in [6.07, 6.45) is 2.15. The molecular weight excluding hydrogens is 366 g/mol. The number of rotatable bonds is 8. The Balaban J connectivity index is 1.81. The third-order valence-corrected chi connectivity index (χ3v) is 4.93. The highest BCUT2D eigenvalue weighted by Gasteiger charge is 2.31. The standard InChI is InChI=1S/C20H24ClN3O3/c1-3-27-17(25)13-23(11-16-9-10-16)20(26)18-14(2)22-24(19(18)21)12-15-7-5-4-6-8-15/h4-8,16H,3,9-13H2,1-2H3. The first-order valence-electron chi connectivity index (χ1n) is 9.21. The molecule has 1 amide bonds. The van der Waals surface area contributed by atoms with Gasteiger partial charge in [-0.1, -0.05) is 41.9 Å².